The van der Waals surface area contributed by atoms with Gasteiger partial charge in [0, 0.05) is 27.8 Å². The summed E-state index contributed by atoms with van der Waals surface area (Å²) in [6.07, 6.45) is 4.63. The van der Waals surface area contributed by atoms with Crippen molar-refractivity contribution in [2.24, 2.45) is 0 Å². The molecule has 2 heterocycles. The lowest BCUT2D eigenvalue weighted by Crippen LogP contribution is -2.44. The van der Waals surface area contributed by atoms with Gasteiger partial charge in [-0.05, 0) is 100 Å². The van der Waals surface area contributed by atoms with Crippen LogP contribution >= 0.6 is 56.9 Å². The molecule has 2 aromatic rings. The highest BCUT2D eigenvalue weighted by molar-refractivity contribution is 14.1. The fourth-order valence-corrected chi connectivity index (χ4v) is 6.78. The lowest BCUT2D eigenvalue weighted by molar-refractivity contribution is -0.136. The zero-order valence-electron chi connectivity index (χ0n) is 18.6. The van der Waals surface area contributed by atoms with E-state index in [2.05, 4.69) is 51.3 Å². The molecule has 4 rings (SSSR count). The Balaban J connectivity index is 1.55. The van der Waals surface area contributed by atoms with Gasteiger partial charge in [0.2, 0.25) is 5.91 Å². The van der Waals surface area contributed by atoms with E-state index in [0.717, 1.165) is 48.6 Å². The van der Waals surface area contributed by atoms with Gasteiger partial charge in [-0.15, -0.1) is 0 Å². The Morgan fingerprint density at radius 3 is 2.63 bits per heavy atom. The van der Waals surface area contributed by atoms with Crippen molar-refractivity contribution in [3.05, 3.63) is 65.1 Å². The number of benzene rings is 2. The van der Waals surface area contributed by atoms with Crippen molar-refractivity contribution in [2.45, 2.75) is 25.9 Å². The van der Waals surface area contributed by atoms with Gasteiger partial charge in [0.1, 0.15) is 18.9 Å². The number of hydrogen-bond donors (Lipinski definition) is 0. The molecule has 2 aliphatic rings. The van der Waals surface area contributed by atoms with Crippen LogP contribution in [0.25, 0.3) is 6.08 Å². The van der Waals surface area contributed by atoms with Crippen molar-refractivity contribution in [1.82, 2.24) is 9.80 Å². The number of halogens is 2. The number of hydrogen-bond acceptors (Lipinski definition) is 6. The Labute approximate surface area is 235 Å². The van der Waals surface area contributed by atoms with Crippen LogP contribution in [0.2, 0.25) is 0 Å². The molecule has 2 fully saturated rings. The van der Waals surface area contributed by atoms with Crippen LogP contribution in [0.15, 0.2) is 41.3 Å². The zero-order valence-corrected chi connectivity index (χ0v) is 23.8. The predicted molar refractivity (Wildman–Crippen MR) is 150 cm³/mol. The monoisotopic (exact) mass is 713 g/mol. The third-order valence-electron chi connectivity index (χ3n) is 5.71. The Kier molecular flexibility index (Phi) is 8.72. The summed E-state index contributed by atoms with van der Waals surface area (Å²) in [4.78, 5) is 41.3. The van der Waals surface area contributed by atoms with E-state index in [1.807, 2.05) is 24.3 Å². The maximum Gasteiger partial charge on any atom is 0.294 e. The van der Waals surface area contributed by atoms with Crippen LogP contribution in [0.4, 0.5) is 4.79 Å². The van der Waals surface area contributed by atoms with Crippen molar-refractivity contribution in [1.29, 1.82) is 5.26 Å². The largest absolute Gasteiger partial charge is 0.487 e. The minimum atomic E-state index is -0.472. The number of nitrogens with zero attached hydrogens (tertiary/aromatic N) is 3. The molecule has 2 aliphatic heterocycles. The van der Waals surface area contributed by atoms with Gasteiger partial charge >= 0.3 is 0 Å². The Morgan fingerprint density at radius 1 is 1.14 bits per heavy atom. The molecule has 0 aliphatic carbocycles. The first-order valence-corrected chi connectivity index (χ1v) is 14.0. The van der Waals surface area contributed by atoms with E-state index in [1.54, 1.807) is 23.1 Å². The van der Waals surface area contributed by atoms with E-state index in [9.17, 15) is 19.6 Å². The number of nitriles is 1. The second kappa shape index (κ2) is 11.7. The molecule has 2 saturated heterocycles. The van der Waals surface area contributed by atoms with Crippen molar-refractivity contribution in [3.8, 4) is 11.8 Å². The fraction of sp³-hybridized carbons (Fsp3) is 0.280. The van der Waals surface area contributed by atoms with Gasteiger partial charge in [0.25, 0.3) is 11.1 Å². The minimum Gasteiger partial charge on any atom is -0.487 e. The molecule has 0 unspecified atom stereocenters. The van der Waals surface area contributed by atoms with Crippen molar-refractivity contribution in [3.63, 3.8) is 0 Å². The molecule has 0 spiro atoms. The molecular weight excluding hydrogens is 692 g/mol. The smallest absolute Gasteiger partial charge is 0.294 e. The lowest BCUT2D eigenvalue weighted by atomic mass is 10.1. The number of ether oxygens (including phenoxy) is 1. The highest BCUT2D eigenvalue weighted by Crippen LogP contribution is 2.36. The topological polar surface area (TPSA) is 90.7 Å². The predicted octanol–water partition coefficient (Wildman–Crippen LogP) is 5.40. The van der Waals surface area contributed by atoms with Gasteiger partial charge in [-0.3, -0.25) is 19.3 Å². The third kappa shape index (κ3) is 6.18. The molecule has 0 radical (unpaired) electrons. The van der Waals surface area contributed by atoms with E-state index in [-0.39, 0.29) is 24.0 Å². The van der Waals surface area contributed by atoms with E-state index in [4.69, 9.17) is 4.74 Å². The van der Waals surface area contributed by atoms with Gasteiger partial charge in [-0.1, -0.05) is 18.2 Å². The average Bonchev–Trinajstić information content (AvgIpc) is 3.11. The summed E-state index contributed by atoms with van der Waals surface area (Å²) in [5.41, 5.74) is 1.95. The molecule has 3 amide bonds. The summed E-state index contributed by atoms with van der Waals surface area (Å²) in [6.45, 7) is 1.29. The highest BCUT2D eigenvalue weighted by atomic mass is 127. The number of piperidine rings is 1. The molecule has 0 saturated carbocycles. The third-order valence-corrected chi connectivity index (χ3v) is 8.04. The van der Waals surface area contributed by atoms with Crippen LogP contribution in [0, 0.1) is 18.5 Å². The average molecular weight is 713 g/mol. The van der Waals surface area contributed by atoms with Crippen LogP contribution in [-0.4, -0.2) is 46.5 Å². The lowest BCUT2D eigenvalue weighted by Gasteiger charge is -2.27. The summed E-state index contributed by atoms with van der Waals surface area (Å²) in [5.74, 6) is -0.104. The Bertz CT molecular complexity index is 1250. The van der Waals surface area contributed by atoms with Crippen LogP contribution in [0.5, 0.6) is 5.75 Å². The molecule has 0 bridgehead atoms. The molecule has 0 N–H and O–H groups in total. The summed E-state index contributed by atoms with van der Waals surface area (Å²) in [6, 6.07) is 13.2. The number of likely N-dealkylation sites (tertiary alicyclic amines) is 1. The van der Waals surface area contributed by atoms with Gasteiger partial charge < -0.3 is 9.64 Å². The summed E-state index contributed by atoms with van der Waals surface area (Å²) >= 11 is 5.19. The second-order valence-electron chi connectivity index (χ2n) is 8.07. The van der Waals surface area contributed by atoms with Crippen LogP contribution in [0.1, 0.15) is 36.0 Å². The van der Waals surface area contributed by atoms with Crippen LogP contribution in [-0.2, 0) is 16.2 Å². The summed E-state index contributed by atoms with van der Waals surface area (Å²) in [5, 5.41) is 8.91. The van der Waals surface area contributed by atoms with Gasteiger partial charge in [-0.25, -0.2) is 0 Å². The van der Waals surface area contributed by atoms with Crippen molar-refractivity contribution >= 4 is 80.1 Å². The van der Waals surface area contributed by atoms with Crippen LogP contribution < -0.4 is 4.74 Å². The first-order valence-electron chi connectivity index (χ1n) is 11.0. The maximum absolute atomic E-state index is 13.0. The maximum atomic E-state index is 13.0. The van der Waals surface area contributed by atoms with Crippen molar-refractivity contribution in [2.75, 3.05) is 19.6 Å². The van der Waals surface area contributed by atoms with Crippen LogP contribution in [0.3, 0.4) is 0 Å². The molecular formula is C25H21I2N3O4S. The second-order valence-corrected chi connectivity index (χ2v) is 11.5. The summed E-state index contributed by atoms with van der Waals surface area (Å²) in [7, 11) is 0. The number of amides is 3. The molecule has 180 valence electrons. The minimum absolute atomic E-state index is 0.187. The first-order chi connectivity index (χ1) is 16.9. The Morgan fingerprint density at radius 2 is 1.89 bits per heavy atom. The molecule has 10 heteroatoms. The summed E-state index contributed by atoms with van der Waals surface area (Å²) < 4.78 is 7.90. The number of rotatable bonds is 6. The SMILES string of the molecule is N#Cc1ccccc1COc1c(I)cc(I)cc1/C=C1\SC(=O)N(CC(=O)N2CCCCC2)C1=O. The van der Waals surface area contributed by atoms with E-state index >= 15 is 0 Å². The standard InChI is InChI=1S/C25H21I2N3O4S/c26-19-10-18(23(20(27)12-19)34-15-17-7-3-2-6-16(17)13-28)11-21-24(32)30(25(33)35-21)14-22(31)29-8-4-1-5-9-29/h2-3,6-7,10-12H,1,4-5,8-9,14-15H2/b21-11-. The molecule has 0 atom stereocenters. The quantitative estimate of drug-likeness (QED) is 0.295. The number of carbonyl (C=O) groups is 3. The molecule has 2 aromatic carbocycles. The number of thioether (sulfide) groups is 1. The Hall–Kier alpha value is -2.11. The van der Waals surface area contributed by atoms with E-state index in [0.29, 0.717) is 30.0 Å². The number of imide groups is 1. The number of carbonyl (C=O) groups excluding carboxylic acids is 3. The van der Waals surface area contributed by atoms with Gasteiger partial charge in [0.15, 0.2) is 0 Å². The molecule has 35 heavy (non-hydrogen) atoms. The van der Waals surface area contributed by atoms with E-state index in [1.165, 1.54) is 0 Å². The highest BCUT2D eigenvalue weighted by Gasteiger charge is 2.37. The van der Waals surface area contributed by atoms with Crippen molar-refractivity contribution < 1.29 is 19.1 Å². The first kappa shape index (κ1) is 26.0. The van der Waals surface area contributed by atoms with Gasteiger partial charge in [0.05, 0.1) is 20.1 Å². The fourth-order valence-electron chi connectivity index (χ4n) is 3.90. The molecule has 7 nitrogen and oxygen atoms in total. The normalized spacial score (nSPS) is 17.1. The van der Waals surface area contributed by atoms with E-state index < -0.39 is 11.1 Å². The zero-order chi connectivity index (χ0) is 24.9. The van der Waals surface area contributed by atoms with Gasteiger partial charge in [-0.2, -0.15) is 5.26 Å². The molecule has 0 aromatic heterocycles.